The Labute approximate surface area is 132 Å². The Morgan fingerprint density at radius 1 is 1.10 bits per heavy atom. The maximum absolute atomic E-state index is 11.8. The minimum absolute atomic E-state index is 0. The smallest absolute Gasteiger partial charge is 0.249 e. The van der Waals surface area contributed by atoms with Crippen LogP contribution in [-0.2, 0) is 14.3 Å². The van der Waals surface area contributed by atoms with Gasteiger partial charge in [0.05, 0.1) is 12.6 Å². The van der Waals surface area contributed by atoms with Crippen LogP contribution in [-0.4, -0.2) is 43.2 Å². The fourth-order valence-electron chi connectivity index (χ4n) is 2.88. The first kappa shape index (κ1) is 18.2. The molecule has 2 aliphatic rings. The molecular weight excluding hydrogens is 294 g/mol. The lowest BCUT2D eigenvalue weighted by molar-refractivity contribution is -0.134. The lowest BCUT2D eigenvalue weighted by Crippen LogP contribution is -2.45. The minimum atomic E-state index is -0.453. The van der Waals surface area contributed by atoms with Crippen LogP contribution in [0.15, 0.2) is 0 Å². The van der Waals surface area contributed by atoms with Crippen molar-refractivity contribution in [1.82, 2.24) is 10.6 Å². The monoisotopic (exact) mass is 319 g/mol. The number of carbonyl (C=O) groups is 2. The van der Waals surface area contributed by atoms with E-state index in [1.54, 1.807) is 0 Å². The van der Waals surface area contributed by atoms with Gasteiger partial charge < -0.3 is 21.1 Å². The fraction of sp³-hybridized carbons (Fsp3) is 0.857. The second-order valence-corrected chi connectivity index (χ2v) is 5.68. The number of amides is 2. The molecule has 1 aliphatic heterocycles. The third-order valence-corrected chi connectivity index (χ3v) is 4.06. The van der Waals surface area contributed by atoms with Crippen LogP contribution in [0, 0.1) is 0 Å². The fourth-order valence-corrected chi connectivity index (χ4v) is 2.88. The Balaban J connectivity index is 0.00000220. The van der Waals surface area contributed by atoms with Gasteiger partial charge in [-0.1, -0.05) is 19.3 Å². The Kier molecular flexibility index (Phi) is 8.00. The standard InChI is InChI=1S/C14H25N3O3.ClH/c15-8-11-6-7-12(20-11)14(19)16-9-13(18)17-10-4-2-1-3-5-10;/h10-12H,1-9,15H2,(H,16,19)(H,17,18);1H/t11-,12+;/m1./s1. The first-order chi connectivity index (χ1) is 9.69. The molecule has 0 spiro atoms. The largest absolute Gasteiger partial charge is 0.364 e. The molecule has 0 aromatic carbocycles. The maximum Gasteiger partial charge on any atom is 0.249 e. The van der Waals surface area contributed by atoms with E-state index in [1.165, 1.54) is 19.3 Å². The summed E-state index contributed by atoms with van der Waals surface area (Å²) in [5.74, 6) is -0.321. The highest BCUT2D eigenvalue weighted by atomic mass is 35.5. The van der Waals surface area contributed by atoms with Crippen LogP contribution in [0.25, 0.3) is 0 Å². The molecule has 6 nitrogen and oxygen atoms in total. The molecular formula is C14H26ClN3O3. The summed E-state index contributed by atoms with van der Waals surface area (Å²) in [5.41, 5.74) is 5.50. The molecule has 0 radical (unpaired) electrons. The summed E-state index contributed by atoms with van der Waals surface area (Å²) in [6, 6.07) is 0.275. The molecule has 0 aromatic heterocycles. The van der Waals surface area contributed by atoms with Gasteiger partial charge in [0.1, 0.15) is 6.10 Å². The average Bonchev–Trinajstić information content (AvgIpc) is 2.95. The number of hydrogen-bond donors (Lipinski definition) is 3. The van der Waals surface area contributed by atoms with Crippen LogP contribution in [0.4, 0.5) is 0 Å². The van der Waals surface area contributed by atoms with Gasteiger partial charge in [-0.2, -0.15) is 0 Å². The van der Waals surface area contributed by atoms with E-state index >= 15 is 0 Å². The van der Waals surface area contributed by atoms with E-state index in [1.807, 2.05) is 0 Å². The van der Waals surface area contributed by atoms with Crippen molar-refractivity contribution < 1.29 is 14.3 Å². The summed E-state index contributed by atoms with van der Waals surface area (Å²) in [6.45, 7) is 0.467. The number of nitrogens with one attached hydrogen (secondary N) is 2. The predicted molar refractivity (Wildman–Crippen MR) is 82.2 cm³/mol. The van der Waals surface area contributed by atoms with E-state index in [-0.39, 0.29) is 42.9 Å². The van der Waals surface area contributed by atoms with Gasteiger partial charge in [-0.15, -0.1) is 12.4 Å². The summed E-state index contributed by atoms with van der Waals surface area (Å²) in [4.78, 5) is 23.6. The van der Waals surface area contributed by atoms with Gasteiger partial charge in [-0.25, -0.2) is 0 Å². The molecule has 21 heavy (non-hydrogen) atoms. The molecule has 122 valence electrons. The first-order valence-electron chi connectivity index (χ1n) is 7.61. The molecule has 2 fully saturated rings. The summed E-state index contributed by atoms with van der Waals surface area (Å²) in [5, 5.41) is 5.61. The number of hydrogen-bond acceptors (Lipinski definition) is 4. The molecule has 7 heteroatoms. The molecule has 1 heterocycles. The van der Waals surface area contributed by atoms with E-state index in [2.05, 4.69) is 10.6 Å². The van der Waals surface area contributed by atoms with Gasteiger partial charge in [0, 0.05) is 12.6 Å². The molecule has 2 amide bonds. The molecule has 0 unspecified atom stereocenters. The van der Waals surface area contributed by atoms with Crippen LogP contribution >= 0.6 is 12.4 Å². The molecule has 4 N–H and O–H groups in total. The average molecular weight is 320 g/mol. The molecule has 0 bridgehead atoms. The van der Waals surface area contributed by atoms with Crippen LogP contribution in [0.2, 0.25) is 0 Å². The zero-order chi connectivity index (χ0) is 14.4. The quantitative estimate of drug-likeness (QED) is 0.687. The zero-order valence-corrected chi connectivity index (χ0v) is 13.1. The highest BCUT2D eigenvalue weighted by Crippen LogP contribution is 2.19. The summed E-state index contributed by atoms with van der Waals surface area (Å²) < 4.78 is 5.49. The van der Waals surface area contributed by atoms with Crippen LogP contribution in [0.3, 0.4) is 0 Å². The number of halogens is 1. The van der Waals surface area contributed by atoms with Gasteiger partial charge in [0.25, 0.3) is 0 Å². The Morgan fingerprint density at radius 3 is 2.43 bits per heavy atom. The summed E-state index contributed by atoms with van der Waals surface area (Å²) in [6.07, 6.45) is 6.70. The van der Waals surface area contributed by atoms with Gasteiger partial charge in [0.2, 0.25) is 11.8 Å². The topological polar surface area (TPSA) is 93.5 Å². The normalized spacial score (nSPS) is 26.0. The van der Waals surface area contributed by atoms with Crippen molar-refractivity contribution in [2.75, 3.05) is 13.1 Å². The first-order valence-corrected chi connectivity index (χ1v) is 7.61. The minimum Gasteiger partial charge on any atom is -0.364 e. The number of nitrogens with two attached hydrogens (primary N) is 1. The van der Waals surface area contributed by atoms with Crippen molar-refractivity contribution in [1.29, 1.82) is 0 Å². The third kappa shape index (κ3) is 5.80. The van der Waals surface area contributed by atoms with Crippen LogP contribution in [0.1, 0.15) is 44.9 Å². The molecule has 1 saturated carbocycles. The van der Waals surface area contributed by atoms with E-state index in [4.69, 9.17) is 10.5 Å². The summed E-state index contributed by atoms with van der Waals surface area (Å²) >= 11 is 0. The van der Waals surface area contributed by atoms with E-state index < -0.39 is 6.10 Å². The second kappa shape index (κ2) is 9.23. The highest BCUT2D eigenvalue weighted by Gasteiger charge is 2.29. The predicted octanol–water partition coefficient (Wildman–Crippen LogP) is 0.480. The van der Waals surface area contributed by atoms with Crippen LogP contribution in [0.5, 0.6) is 0 Å². The highest BCUT2D eigenvalue weighted by molar-refractivity contribution is 5.87. The molecule has 2 atom stereocenters. The van der Waals surface area contributed by atoms with Gasteiger partial charge >= 0.3 is 0 Å². The van der Waals surface area contributed by atoms with Crippen molar-refractivity contribution in [2.45, 2.75) is 63.2 Å². The number of carbonyl (C=O) groups excluding carboxylic acids is 2. The Morgan fingerprint density at radius 2 is 1.81 bits per heavy atom. The van der Waals surface area contributed by atoms with Gasteiger partial charge in [0.15, 0.2) is 0 Å². The second-order valence-electron chi connectivity index (χ2n) is 5.68. The molecule has 0 aromatic rings. The van der Waals surface area contributed by atoms with Crippen molar-refractivity contribution in [2.24, 2.45) is 5.73 Å². The Hall–Kier alpha value is -0.850. The lowest BCUT2D eigenvalue weighted by atomic mass is 9.95. The van der Waals surface area contributed by atoms with Gasteiger partial charge in [-0.05, 0) is 25.7 Å². The molecule has 2 rings (SSSR count). The van der Waals surface area contributed by atoms with E-state index in [0.717, 1.165) is 19.3 Å². The van der Waals surface area contributed by atoms with E-state index in [9.17, 15) is 9.59 Å². The molecule has 1 saturated heterocycles. The maximum atomic E-state index is 11.8. The number of rotatable bonds is 5. The number of ether oxygens (including phenoxy) is 1. The van der Waals surface area contributed by atoms with Crippen LogP contribution < -0.4 is 16.4 Å². The third-order valence-electron chi connectivity index (χ3n) is 4.06. The SMILES string of the molecule is Cl.NC[C@H]1CC[C@@H](C(=O)NCC(=O)NC2CCCCC2)O1. The molecule has 1 aliphatic carbocycles. The van der Waals surface area contributed by atoms with Gasteiger partial charge in [-0.3, -0.25) is 9.59 Å². The van der Waals surface area contributed by atoms with Crippen molar-refractivity contribution >= 4 is 24.2 Å². The Bertz CT molecular complexity index is 348. The van der Waals surface area contributed by atoms with E-state index in [0.29, 0.717) is 13.0 Å². The lowest BCUT2D eigenvalue weighted by Gasteiger charge is -2.23. The van der Waals surface area contributed by atoms with Crippen molar-refractivity contribution in [3.05, 3.63) is 0 Å². The van der Waals surface area contributed by atoms with Crippen molar-refractivity contribution in [3.8, 4) is 0 Å². The van der Waals surface area contributed by atoms with Crippen molar-refractivity contribution in [3.63, 3.8) is 0 Å². The summed E-state index contributed by atoms with van der Waals surface area (Å²) in [7, 11) is 0. The zero-order valence-electron chi connectivity index (χ0n) is 12.3.